The smallest absolute Gasteiger partial charge is 0.197 e. The topological polar surface area (TPSA) is 56.5 Å². The van der Waals surface area contributed by atoms with Crippen LogP contribution in [0, 0.1) is 0 Å². The normalized spacial score (nSPS) is 12.4. The monoisotopic (exact) mass is 428 g/mol. The summed E-state index contributed by atoms with van der Waals surface area (Å²) in [6.07, 6.45) is 15.1. The molecule has 0 saturated carbocycles. The predicted molar refractivity (Wildman–Crippen MR) is 119 cm³/mol. The Morgan fingerprint density at radius 3 is 2.03 bits per heavy atom. The van der Waals surface area contributed by atoms with Gasteiger partial charge in [0, 0.05) is 18.7 Å². The molecule has 1 aromatic heterocycles. The molecule has 0 bridgehead atoms. The molecule has 29 heavy (non-hydrogen) atoms. The zero-order chi connectivity index (χ0) is 21.6. The van der Waals surface area contributed by atoms with Crippen molar-refractivity contribution in [3.05, 3.63) is 30.1 Å². The molecule has 0 unspecified atom stereocenters. The highest BCUT2D eigenvalue weighted by Crippen LogP contribution is 2.27. The fourth-order valence-corrected chi connectivity index (χ4v) is 3.89. The third-order valence-electron chi connectivity index (χ3n) is 5.06. The quantitative estimate of drug-likeness (QED) is 0.204. The lowest BCUT2D eigenvalue weighted by atomic mass is 10.1. The van der Waals surface area contributed by atoms with Crippen LogP contribution in [0.4, 0.5) is 0 Å². The third kappa shape index (κ3) is 11.7. The Hall–Kier alpha value is -0.980. The summed E-state index contributed by atoms with van der Waals surface area (Å²) < 4.78 is 37.3. The zero-order valence-electron chi connectivity index (χ0n) is 19.0. The summed E-state index contributed by atoms with van der Waals surface area (Å²) in [6.45, 7) is 8.42. The summed E-state index contributed by atoms with van der Waals surface area (Å²) in [6, 6.07) is 4.01. The molecule has 168 valence electrons. The van der Waals surface area contributed by atoms with Gasteiger partial charge in [0.2, 0.25) is 0 Å². The minimum atomic E-state index is -2.94. The standard InChI is InChI=1S/C23H42NO4S/c1-5-7-9-11-18-27-23(3,28-19-12-10-8-6-2)22-15-13-16-24(21-22)17-14-20-29(4,25)26/h13,15-16,21H,5-12,14,17-20H2,1-4H3/q+1. The van der Waals surface area contributed by atoms with Crippen molar-refractivity contribution in [1.82, 2.24) is 0 Å². The maximum absolute atomic E-state index is 11.4. The lowest BCUT2D eigenvalue weighted by Crippen LogP contribution is -2.38. The summed E-state index contributed by atoms with van der Waals surface area (Å²) >= 11 is 0. The number of ether oxygens (including phenoxy) is 2. The van der Waals surface area contributed by atoms with Gasteiger partial charge in [-0.3, -0.25) is 0 Å². The highest BCUT2D eigenvalue weighted by molar-refractivity contribution is 7.90. The van der Waals surface area contributed by atoms with Crippen LogP contribution >= 0.6 is 0 Å². The molecule has 0 radical (unpaired) electrons. The van der Waals surface area contributed by atoms with Crippen LogP contribution in [-0.4, -0.2) is 33.6 Å². The van der Waals surface area contributed by atoms with Gasteiger partial charge in [-0.2, -0.15) is 0 Å². The number of pyridine rings is 1. The summed E-state index contributed by atoms with van der Waals surface area (Å²) in [5.74, 6) is -0.582. The van der Waals surface area contributed by atoms with Crippen molar-refractivity contribution in [2.45, 2.75) is 90.9 Å². The van der Waals surface area contributed by atoms with Gasteiger partial charge in [-0.05, 0) is 25.8 Å². The Kier molecular flexibility index (Phi) is 12.7. The maximum Gasteiger partial charge on any atom is 0.197 e. The first-order valence-corrected chi connectivity index (χ1v) is 13.3. The minimum Gasteiger partial charge on any atom is -0.346 e. The predicted octanol–water partition coefficient (Wildman–Crippen LogP) is 4.78. The SMILES string of the molecule is CCCCCCOC(C)(OCCCCCC)c1ccc[n+](CCCS(C)(=O)=O)c1. The van der Waals surface area contributed by atoms with Gasteiger partial charge in [-0.1, -0.05) is 52.4 Å². The molecule has 5 nitrogen and oxygen atoms in total. The van der Waals surface area contributed by atoms with E-state index < -0.39 is 15.6 Å². The number of aromatic nitrogens is 1. The minimum absolute atomic E-state index is 0.198. The second-order valence-electron chi connectivity index (χ2n) is 8.08. The van der Waals surface area contributed by atoms with Gasteiger partial charge >= 0.3 is 0 Å². The second-order valence-corrected chi connectivity index (χ2v) is 10.3. The van der Waals surface area contributed by atoms with Crippen LogP contribution < -0.4 is 4.57 Å². The molecular formula is C23H42NO4S+. The van der Waals surface area contributed by atoms with Crippen LogP contribution in [0.25, 0.3) is 0 Å². The van der Waals surface area contributed by atoms with Gasteiger partial charge in [-0.25, -0.2) is 13.0 Å². The number of sulfone groups is 1. The van der Waals surface area contributed by atoms with E-state index in [-0.39, 0.29) is 5.75 Å². The van der Waals surface area contributed by atoms with Gasteiger partial charge < -0.3 is 9.47 Å². The Labute approximate surface area is 178 Å². The van der Waals surface area contributed by atoms with Gasteiger partial charge in [0.05, 0.1) is 24.5 Å². The molecule has 1 aromatic rings. The summed E-state index contributed by atoms with van der Waals surface area (Å²) in [4.78, 5) is 0. The van der Waals surface area contributed by atoms with E-state index in [2.05, 4.69) is 13.8 Å². The lowest BCUT2D eigenvalue weighted by Gasteiger charge is -2.29. The molecule has 1 heterocycles. The van der Waals surface area contributed by atoms with E-state index >= 15 is 0 Å². The summed E-state index contributed by atoms with van der Waals surface area (Å²) in [5, 5.41) is 0. The average Bonchev–Trinajstić information content (AvgIpc) is 2.67. The van der Waals surface area contributed by atoms with Gasteiger partial charge in [-0.15, -0.1) is 0 Å². The highest BCUT2D eigenvalue weighted by atomic mass is 32.2. The first kappa shape index (κ1) is 26.1. The maximum atomic E-state index is 11.4. The first-order chi connectivity index (χ1) is 13.8. The molecule has 0 N–H and O–H groups in total. The Balaban J connectivity index is 2.76. The van der Waals surface area contributed by atoms with E-state index in [1.54, 1.807) is 0 Å². The van der Waals surface area contributed by atoms with Gasteiger partial charge in [0.15, 0.2) is 18.2 Å². The van der Waals surface area contributed by atoms with Crippen molar-refractivity contribution >= 4 is 9.84 Å². The van der Waals surface area contributed by atoms with Crippen LogP contribution in [0.2, 0.25) is 0 Å². The highest BCUT2D eigenvalue weighted by Gasteiger charge is 2.31. The molecule has 0 atom stereocenters. The molecule has 6 heteroatoms. The van der Waals surface area contributed by atoms with Crippen molar-refractivity contribution in [3.8, 4) is 0 Å². The van der Waals surface area contributed by atoms with E-state index in [0.717, 1.165) is 18.4 Å². The van der Waals surface area contributed by atoms with Gasteiger partial charge in [0.25, 0.3) is 0 Å². The molecule has 0 aliphatic heterocycles. The first-order valence-electron chi connectivity index (χ1n) is 11.3. The Morgan fingerprint density at radius 2 is 1.52 bits per heavy atom. The van der Waals surface area contributed by atoms with Crippen molar-refractivity contribution in [2.75, 3.05) is 25.2 Å². The van der Waals surface area contributed by atoms with Gasteiger partial charge in [0.1, 0.15) is 16.4 Å². The second kappa shape index (κ2) is 14.1. The van der Waals surface area contributed by atoms with E-state index in [0.29, 0.717) is 26.2 Å². The molecule has 0 aliphatic rings. The van der Waals surface area contributed by atoms with E-state index in [1.165, 1.54) is 44.8 Å². The molecule has 0 fully saturated rings. The van der Waals surface area contributed by atoms with E-state index in [9.17, 15) is 8.42 Å². The van der Waals surface area contributed by atoms with Crippen LogP contribution in [0.15, 0.2) is 24.5 Å². The molecule has 0 aromatic carbocycles. The van der Waals surface area contributed by atoms with Crippen LogP contribution in [0.1, 0.15) is 84.1 Å². The lowest BCUT2D eigenvalue weighted by molar-refractivity contribution is -0.697. The fraction of sp³-hybridized carbons (Fsp3) is 0.783. The Morgan fingerprint density at radius 1 is 0.931 bits per heavy atom. The average molecular weight is 429 g/mol. The molecule has 0 aliphatic carbocycles. The van der Waals surface area contributed by atoms with Crippen molar-refractivity contribution in [1.29, 1.82) is 0 Å². The summed E-state index contributed by atoms with van der Waals surface area (Å²) in [7, 11) is -2.94. The Bertz CT molecular complexity index is 647. The number of aryl methyl sites for hydroxylation is 1. The number of nitrogens with zero attached hydrogens (tertiary/aromatic N) is 1. The zero-order valence-corrected chi connectivity index (χ0v) is 19.8. The van der Waals surface area contributed by atoms with Crippen LogP contribution in [0.3, 0.4) is 0 Å². The van der Waals surface area contributed by atoms with E-state index in [1.807, 2.05) is 36.0 Å². The molecule has 0 spiro atoms. The van der Waals surface area contributed by atoms with Crippen LogP contribution in [-0.2, 0) is 31.6 Å². The molecule has 0 saturated heterocycles. The van der Waals surface area contributed by atoms with Crippen molar-refractivity contribution in [3.63, 3.8) is 0 Å². The van der Waals surface area contributed by atoms with Crippen molar-refractivity contribution in [2.24, 2.45) is 0 Å². The fourth-order valence-electron chi connectivity index (χ4n) is 3.24. The third-order valence-corrected chi connectivity index (χ3v) is 6.10. The van der Waals surface area contributed by atoms with E-state index in [4.69, 9.17) is 9.47 Å². The molecule has 1 rings (SSSR count). The number of hydrogen-bond donors (Lipinski definition) is 0. The van der Waals surface area contributed by atoms with Crippen LogP contribution in [0.5, 0.6) is 0 Å². The molecular weight excluding hydrogens is 386 g/mol. The number of rotatable bonds is 17. The largest absolute Gasteiger partial charge is 0.346 e. The number of hydrogen-bond acceptors (Lipinski definition) is 4. The summed E-state index contributed by atoms with van der Waals surface area (Å²) in [5.41, 5.74) is 0.977. The van der Waals surface area contributed by atoms with Crippen molar-refractivity contribution < 1.29 is 22.5 Å². The molecule has 0 amide bonds. The number of unbranched alkanes of at least 4 members (excludes halogenated alkanes) is 6.